The van der Waals surface area contributed by atoms with Crippen molar-refractivity contribution in [1.29, 1.82) is 0 Å². The van der Waals surface area contributed by atoms with Crippen molar-refractivity contribution in [3.8, 4) is 0 Å². The number of anilines is 2. The number of ether oxygens (including phenoxy) is 1. The van der Waals surface area contributed by atoms with Crippen LogP contribution >= 0.6 is 0 Å². The Morgan fingerprint density at radius 1 is 1.21 bits per heavy atom. The van der Waals surface area contributed by atoms with Gasteiger partial charge in [-0.2, -0.15) is 0 Å². The quantitative estimate of drug-likeness (QED) is 0.587. The highest BCUT2D eigenvalue weighted by molar-refractivity contribution is 5.46. The summed E-state index contributed by atoms with van der Waals surface area (Å²) in [5.41, 5.74) is 5.76. The molecule has 6 heteroatoms. The molecule has 0 fully saturated rings. The van der Waals surface area contributed by atoms with Crippen LogP contribution in [0.4, 0.5) is 11.6 Å². The maximum Gasteiger partial charge on any atom is 0.131 e. The Kier molecular flexibility index (Phi) is 6.52. The molecule has 1 heterocycles. The van der Waals surface area contributed by atoms with Crippen LogP contribution in [-0.4, -0.2) is 42.3 Å². The van der Waals surface area contributed by atoms with Crippen LogP contribution in [0.3, 0.4) is 0 Å². The Morgan fingerprint density at radius 3 is 2.42 bits per heavy atom. The summed E-state index contributed by atoms with van der Waals surface area (Å²) in [6.07, 6.45) is 3.38. The summed E-state index contributed by atoms with van der Waals surface area (Å²) in [6.45, 7) is 6.40. The van der Waals surface area contributed by atoms with Gasteiger partial charge in [-0.15, -0.1) is 0 Å². The van der Waals surface area contributed by atoms with Crippen molar-refractivity contribution in [3.05, 3.63) is 12.4 Å². The van der Waals surface area contributed by atoms with E-state index in [1.54, 1.807) is 13.4 Å². The highest BCUT2D eigenvalue weighted by Gasteiger charge is 2.09. The van der Waals surface area contributed by atoms with Gasteiger partial charge in [0.25, 0.3) is 0 Å². The fraction of sp³-hybridized carbons (Fsp3) is 0.692. The molecule has 1 aromatic heterocycles. The molecular weight excluding hydrogens is 242 g/mol. The van der Waals surface area contributed by atoms with Crippen molar-refractivity contribution >= 4 is 11.6 Å². The molecule has 4 N–H and O–H groups in total. The van der Waals surface area contributed by atoms with E-state index < -0.39 is 0 Å². The zero-order valence-electron chi connectivity index (χ0n) is 12.1. The molecule has 6 nitrogen and oxygen atoms in total. The predicted octanol–water partition coefficient (Wildman–Crippen LogP) is 1.46. The van der Waals surface area contributed by atoms with Crippen LogP contribution in [0.5, 0.6) is 0 Å². The molecule has 0 aromatic carbocycles. The molecule has 0 aliphatic carbocycles. The predicted molar refractivity (Wildman–Crippen MR) is 78.4 cm³/mol. The molecule has 19 heavy (non-hydrogen) atoms. The molecule has 0 aliphatic rings. The topological polar surface area (TPSA) is 85.1 Å². The lowest BCUT2D eigenvalue weighted by molar-refractivity contribution is 0.198. The van der Waals surface area contributed by atoms with Crippen LogP contribution in [0.15, 0.2) is 12.4 Å². The third-order valence-corrected chi connectivity index (χ3v) is 2.57. The number of methoxy groups -OCH3 is 1. The maximum atomic E-state index is 5.93. The molecule has 0 unspecified atom stereocenters. The van der Waals surface area contributed by atoms with Gasteiger partial charge in [-0.1, -0.05) is 0 Å². The average Bonchev–Trinajstić information content (AvgIpc) is 2.34. The zero-order valence-corrected chi connectivity index (χ0v) is 12.1. The first-order valence-corrected chi connectivity index (χ1v) is 6.59. The first-order chi connectivity index (χ1) is 9.01. The lowest BCUT2D eigenvalue weighted by atomic mass is 10.0. The van der Waals surface area contributed by atoms with Crippen molar-refractivity contribution in [3.63, 3.8) is 0 Å². The third kappa shape index (κ3) is 7.58. The number of rotatable bonds is 9. The molecule has 0 radical (unpaired) electrons. The summed E-state index contributed by atoms with van der Waals surface area (Å²) in [4.78, 5) is 8.34. The standard InChI is InChI=1S/C13H25N5O/c1-13(2,14)5-7-16-12-9-11(17-10-18-12)15-6-4-8-19-3/h9-10H,4-8,14H2,1-3H3,(H2,15,16,17,18). The molecule has 0 saturated heterocycles. The average molecular weight is 267 g/mol. The van der Waals surface area contributed by atoms with E-state index in [1.807, 2.05) is 19.9 Å². The van der Waals surface area contributed by atoms with E-state index in [2.05, 4.69) is 20.6 Å². The Bertz CT molecular complexity index is 364. The van der Waals surface area contributed by atoms with E-state index >= 15 is 0 Å². The van der Waals surface area contributed by atoms with Gasteiger partial charge in [0.2, 0.25) is 0 Å². The second-order valence-electron chi connectivity index (χ2n) is 5.23. The van der Waals surface area contributed by atoms with Gasteiger partial charge in [0, 0.05) is 38.4 Å². The molecule has 1 aromatic rings. The van der Waals surface area contributed by atoms with Gasteiger partial charge in [-0.05, 0) is 26.7 Å². The second-order valence-corrected chi connectivity index (χ2v) is 5.23. The maximum absolute atomic E-state index is 5.93. The van der Waals surface area contributed by atoms with E-state index in [1.165, 1.54) is 0 Å². The number of nitrogens with one attached hydrogen (secondary N) is 2. The van der Waals surface area contributed by atoms with Gasteiger partial charge in [0.15, 0.2) is 0 Å². The summed E-state index contributed by atoms with van der Waals surface area (Å²) >= 11 is 0. The van der Waals surface area contributed by atoms with Crippen LogP contribution in [0.2, 0.25) is 0 Å². The first-order valence-electron chi connectivity index (χ1n) is 6.59. The van der Waals surface area contributed by atoms with E-state index in [-0.39, 0.29) is 5.54 Å². The lowest BCUT2D eigenvalue weighted by Crippen LogP contribution is -2.34. The number of aromatic nitrogens is 2. The van der Waals surface area contributed by atoms with E-state index in [0.29, 0.717) is 0 Å². The Hall–Kier alpha value is -1.40. The van der Waals surface area contributed by atoms with Crippen molar-refractivity contribution in [2.24, 2.45) is 5.73 Å². The zero-order chi connectivity index (χ0) is 14.1. The van der Waals surface area contributed by atoms with Gasteiger partial charge in [-0.3, -0.25) is 0 Å². The largest absolute Gasteiger partial charge is 0.385 e. The molecule has 0 atom stereocenters. The number of nitrogens with two attached hydrogens (primary N) is 1. The lowest BCUT2D eigenvalue weighted by Gasteiger charge is -2.18. The SMILES string of the molecule is COCCCNc1cc(NCCC(C)(C)N)ncn1. The highest BCUT2D eigenvalue weighted by Crippen LogP contribution is 2.10. The van der Waals surface area contributed by atoms with E-state index in [0.717, 1.165) is 44.2 Å². The van der Waals surface area contributed by atoms with E-state index in [9.17, 15) is 0 Å². The Labute approximate surface area is 115 Å². The highest BCUT2D eigenvalue weighted by atomic mass is 16.5. The minimum atomic E-state index is -0.165. The Morgan fingerprint density at radius 2 is 1.84 bits per heavy atom. The van der Waals surface area contributed by atoms with Gasteiger partial charge in [0.05, 0.1) is 0 Å². The van der Waals surface area contributed by atoms with Gasteiger partial charge < -0.3 is 21.1 Å². The third-order valence-electron chi connectivity index (χ3n) is 2.57. The van der Waals surface area contributed by atoms with Crippen molar-refractivity contribution in [2.45, 2.75) is 32.2 Å². The summed E-state index contributed by atoms with van der Waals surface area (Å²) in [5, 5.41) is 6.48. The van der Waals surface area contributed by atoms with Crippen molar-refractivity contribution in [2.75, 3.05) is 37.4 Å². The van der Waals surface area contributed by atoms with Gasteiger partial charge >= 0.3 is 0 Å². The summed E-state index contributed by atoms with van der Waals surface area (Å²) in [6, 6.07) is 1.90. The smallest absolute Gasteiger partial charge is 0.131 e. The Balaban J connectivity index is 2.35. The van der Waals surface area contributed by atoms with Crippen LogP contribution < -0.4 is 16.4 Å². The van der Waals surface area contributed by atoms with Crippen LogP contribution in [0, 0.1) is 0 Å². The molecule has 0 amide bonds. The monoisotopic (exact) mass is 267 g/mol. The summed E-state index contributed by atoms with van der Waals surface area (Å²) in [5.74, 6) is 1.63. The van der Waals surface area contributed by atoms with Crippen LogP contribution in [-0.2, 0) is 4.74 Å². The molecule has 108 valence electrons. The fourth-order valence-corrected chi connectivity index (χ4v) is 1.50. The number of hydrogen-bond acceptors (Lipinski definition) is 6. The molecule has 0 aliphatic heterocycles. The second kappa shape index (κ2) is 7.91. The normalized spacial score (nSPS) is 11.4. The molecular formula is C13H25N5O. The van der Waals surface area contributed by atoms with Crippen LogP contribution in [0.25, 0.3) is 0 Å². The van der Waals surface area contributed by atoms with Crippen molar-refractivity contribution in [1.82, 2.24) is 9.97 Å². The minimum Gasteiger partial charge on any atom is -0.385 e. The molecule has 0 spiro atoms. The van der Waals surface area contributed by atoms with Gasteiger partial charge in [0.1, 0.15) is 18.0 Å². The summed E-state index contributed by atoms with van der Waals surface area (Å²) in [7, 11) is 1.70. The number of hydrogen-bond donors (Lipinski definition) is 3. The molecule has 1 rings (SSSR count). The van der Waals surface area contributed by atoms with Crippen molar-refractivity contribution < 1.29 is 4.74 Å². The first kappa shape index (κ1) is 15.7. The molecule has 0 saturated carbocycles. The minimum absolute atomic E-state index is 0.165. The van der Waals surface area contributed by atoms with Crippen LogP contribution in [0.1, 0.15) is 26.7 Å². The fourth-order valence-electron chi connectivity index (χ4n) is 1.50. The van der Waals surface area contributed by atoms with E-state index in [4.69, 9.17) is 10.5 Å². The number of nitrogens with zero attached hydrogens (tertiary/aromatic N) is 2. The summed E-state index contributed by atoms with van der Waals surface area (Å²) < 4.78 is 4.99. The molecule has 0 bridgehead atoms. The van der Waals surface area contributed by atoms with Gasteiger partial charge in [-0.25, -0.2) is 9.97 Å².